The van der Waals surface area contributed by atoms with Crippen LogP contribution in [0.25, 0.3) is 0 Å². The number of hydrogen-bond acceptors (Lipinski definition) is 6. The van der Waals surface area contributed by atoms with Crippen LogP contribution in [0.1, 0.15) is 11.7 Å². The van der Waals surface area contributed by atoms with Crippen LogP contribution in [-0.2, 0) is 4.74 Å². The molecule has 4 N–H and O–H groups in total. The molecule has 90 valence electrons. The maximum Gasteiger partial charge on any atom is 0.113 e. The van der Waals surface area contributed by atoms with Crippen LogP contribution in [0.3, 0.4) is 0 Å². The maximum absolute atomic E-state index is 9.78. The predicted molar refractivity (Wildman–Crippen MR) is 57.0 cm³/mol. The van der Waals surface area contributed by atoms with Gasteiger partial charge in [0.15, 0.2) is 0 Å². The molecule has 1 aromatic rings. The third-order valence-corrected chi connectivity index (χ3v) is 3.47. The molecule has 6 heteroatoms. The third-order valence-electron chi connectivity index (χ3n) is 2.76. The lowest BCUT2D eigenvalue weighted by Gasteiger charge is -2.39. The van der Waals surface area contributed by atoms with Gasteiger partial charge in [-0.05, 0) is 22.4 Å². The second kappa shape index (κ2) is 4.79. The van der Waals surface area contributed by atoms with E-state index in [1.807, 2.05) is 5.38 Å². The predicted octanol–water partition coefficient (Wildman–Crippen LogP) is -0.737. The lowest BCUT2D eigenvalue weighted by Crippen LogP contribution is -2.55. The molecule has 1 aliphatic rings. The molecule has 0 amide bonds. The SMILES string of the molecule is OC[C@H]1O[C@@H](c2ccsc2)[C@H](O)[C@@H](O)[C@@H]1O. The first-order valence-electron chi connectivity index (χ1n) is 4.97. The van der Waals surface area contributed by atoms with Crippen LogP contribution in [0.2, 0.25) is 0 Å². The van der Waals surface area contributed by atoms with Gasteiger partial charge in [0.2, 0.25) is 0 Å². The number of thiophene rings is 1. The van der Waals surface area contributed by atoms with Gasteiger partial charge in [-0.3, -0.25) is 0 Å². The van der Waals surface area contributed by atoms with Crippen LogP contribution in [-0.4, -0.2) is 51.4 Å². The van der Waals surface area contributed by atoms with E-state index in [4.69, 9.17) is 9.84 Å². The first-order chi connectivity index (χ1) is 7.65. The lowest BCUT2D eigenvalue weighted by atomic mass is 9.92. The van der Waals surface area contributed by atoms with E-state index in [-0.39, 0.29) is 0 Å². The standard InChI is InChI=1S/C10H14O5S/c11-3-6-7(12)8(13)9(14)10(15-6)5-1-2-16-4-5/h1-2,4,6-14H,3H2/t6-,7-,8+,9-,10+/m1/s1. The number of aliphatic hydroxyl groups excluding tert-OH is 4. The molecular formula is C10H14O5S. The smallest absolute Gasteiger partial charge is 0.113 e. The Hall–Kier alpha value is -0.500. The molecule has 2 heterocycles. The molecule has 0 bridgehead atoms. The molecule has 0 aromatic carbocycles. The average Bonchev–Trinajstić information content (AvgIpc) is 2.80. The number of rotatable bonds is 2. The van der Waals surface area contributed by atoms with Crippen molar-refractivity contribution >= 4 is 11.3 Å². The van der Waals surface area contributed by atoms with Gasteiger partial charge in [0.1, 0.15) is 30.5 Å². The maximum atomic E-state index is 9.78. The van der Waals surface area contributed by atoms with E-state index in [2.05, 4.69) is 0 Å². The Bertz CT molecular complexity index is 326. The molecule has 1 fully saturated rings. The summed E-state index contributed by atoms with van der Waals surface area (Å²) in [5.41, 5.74) is 0.738. The zero-order chi connectivity index (χ0) is 11.7. The fraction of sp³-hybridized carbons (Fsp3) is 0.600. The highest BCUT2D eigenvalue weighted by Crippen LogP contribution is 2.33. The second-order valence-corrected chi connectivity index (χ2v) is 4.59. The molecule has 2 rings (SSSR count). The summed E-state index contributed by atoms with van der Waals surface area (Å²) < 4.78 is 5.37. The lowest BCUT2D eigenvalue weighted by molar-refractivity contribution is -0.231. The van der Waals surface area contributed by atoms with E-state index >= 15 is 0 Å². The van der Waals surface area contributed by atoms with E-state index in [0.29, 0.717) is 0 Å². The van der Waals surface area contributed by atoms with Crippen LogP contribution < -0.4 is 0 Å². The molecule has 1 aromatic heterocycles. The van der Waals surface area contributed by atoms with Gasteiger partial charge >= 0.3 is 0 Å². The molecule has 1 saturated heterocycles. The fourth-order valence-electron chi connectivity index (χ4n) is 1.81. The molecule has 0 radical (unpaired) electrons. The second-order valence-electron chi connectivity index (χ2n) is 3.81. The Morgan fingerprint density at radius 2 is 1.94 bits per heavy atom. The van der Waals surface area contributed by atoms with Crippen molar-refractivity contribution in [2.75, 3.05) is 6.61 Å². The summed E-state index contributed by atoms with van der Waals surface area (Å²) in [7, 11) is 0. The van der Waals surface area contributed by atoms with Crippen LogP contribution in [0.15, 0.2) is 16.8 Å². The van der Waals surface area contributed by atoms with Gasteiger partial charge in [0, 0.05) is 0 Å². The third kappa shape index (κ3) is 2.00. The first-order valence-corrected chi connectivity index (χ1v) is 5.92. The molecule has 5 nitrogen and oxygen atoms in total. The van der Waals surface area contributed by atoms with E-state index < -0.39 is 37.1 Å². The van der Waals surface area contributed by atoms with Crippen LogP contribution >= 0.6 is 11.3 Å². The zero-order valence-electron chi connectivity index (χ0n) is 8.43. The van der Waals surface area contributed by atoms with Crippen molar-refractivity contribution in [3.05, 3.63) is 22.4 Å². The molecule has 0 saturated carbocycles. The summed E-state index contributed by atoms with van der Waals surface area (Å²) in [5.74, 6) is 0. The molecule has 5 atom stereocenters. The van der Waals surface area contributed by atoms with Crippen LogP contribution in [0.4, 0.5) is 0 Å². The monoisotopic (exact) mass is 246 g/mol. The van der Waals surface area contributed by atoms with Gasteiger partial charge in [-0.1, -0.05) is 0 Å². The number of ether oxygens (including phenoxy) is 1. The number of aliphatic hydroxyl groups is 4. The molecule has 0 unspecified atom stereocenters. The van der Waals surface area contributed by atoms with Gasteiger partial charge in [-0.25, -0.2) is 0 Å². The fourth-order valence-corrected chi connectivity index (χ4v) is 2.50. The van der Waals surface area contributed by atoms with Crippen molar-refractivity contribution in [2.24, 2.45) is 0 Å². The first kappa shape index (κ1) is 12.0. The van der Waals surface area contributed by atoms with Crippen molar-refractivity contribution in [3.8, 4) is 0 Å². The normalized spacial score (nSPS) is 39.9. The van der Waals surface area contributed by atoms with E-state index in [9.17, 15) is 15.3 Å². The highest BCUT2D eigenvalue weighted by Gasteiger charge is 2.43. The van der Waals surface area contributed by atoms with Crippen LogP contribution in [0, 0.1) is 0 Å². The van der Waals surface area contributed by atoms with Gasteiger partial charge < -0.3 is 25.2 Å². The summed E-state index contributed by atoms with van der Waals surface area (Å²) in [6.07, 6.45) is -5.34. The minimum atomic E-state index is -1.31. The highest BCUT2D eigenvalue weighted by atomic mass is 32.1. The Labute approximate surface area is 96.5 Å². The Morgan fingerprint density at radius 1 is 1.19 bits per heavy atom. The average molecular weight is 246 g/mol. The van der Waals surface area contributed by atoms with Gasteiger partial charge in [0.25, 0.3) is 0 Å². The molecule has 0 aliphatic carbocycles. The van der Waals surface area contributed by atoms with E-state index in [1.165, 1.54) is 11.3 Å². The van der Waals surface area contributed by atoms with Crippen molar-refractivity contribution in [1.82, 2.24) is 0 Å². The zero-order valence-corrected chi connectivity index (χ0v) is 9.25. The minimum Gasteiger partial charge on any atom is -0.394 e. The van der Waals surface area contributed by atoms with E-state index in [0.717, 1.165) is 5.56 Å². The Kier molecular flexibility index (Phi) is 3.58. The van der Waals surface area contributed by atoms with Gasteiger partial charge in [0.05, 0.1) is 6.61 Å². The molecule has 0 spiro atoms. The topological polar surface area (TPSA) is 90.2 Å². The largest absolute Gasteiger partial charge is 0.394 e. The highest BCUT2D eigenvalue weighted by molar-refractivity contribution is 7.07. The number of hydrogen-bond donors (Lipinski definition) is 4. The molecule has 1 aliphatic heterocycles. The van der Waals surface area contributed by atoms with Crippen molar-refractivity contribution in [3.63, 3.8) is 0 Å². The van der Waals surface area contributed by atoms with Crippen molar-refractivity contribution in [2.45, 2.75) is 30.5 Å². The summed E-state index contributed by atoms with van der Waals surface area (Å²) in [4.78, 5) is 0. The van der Waals surface area contributed by atoms with Gasteiger partial charge in [-0.15, -0.1) is 0 Å². The van der Waals surface area contributed by atoms with E-state index in [1.54, 1.807) is 11.4 Å². The van der Waals surface area contributed by atoms with Crippen molar-refractivity contribution < 1.29 is 25.2 Å². The van der Waals surface area contributed by atoms with Gasteiger partial charge in [-0.2, -0.15) is 11.3 Å². The summed E-state index contributed by atoms with van der Waals surface area (Å²) >= 11 is 1.45. The van der Waals surface area contributed by atoms with Crippen molar-refractivity contribution in [1.29, 1.82) is 0 Å². The minimum absolute atomic E-state index is 0.397. The summed E-state index contributed by atoms with van der Waals surface area (Å²) in [6, 6.07) is 1.78. The Balaban J connectivity index is 2.20. The summed E-state index contributed by atoms with van der Waals surface area (Å²) in [5, 5.41) is 41.6. The molecule has 16 heavy (non-hydrogen) atoms. The van der Waals surface area contributed by atoms with Crippen LogP contribution in [0.5, 0.6) is 0 Å². The molecular weight excluding hydrogens is 232 g/mol. The summed E-state index contributed by atoms with van der Waals surface area (Å²) in [6.45, 7) is -0.397. The quantitative estimate of drug-likeness (QED) is 0.552. The Morgan fingerprint density at radius 3 is 2.50 bits per heavy atom.